The molecule has 3 rings (SSSR count). The molecule has 224 valence electrons. The van der Waals surface area contributed by atoms with E-state index in [1.807, 2.05) is 19.1 Å². The number of rotatable bonds is 15. The van der Waals surface area contributed by atoms with Gasteiger partial charge >= 0.3 is 5.97 Å². The number of Topliss-reactive ketones (excluding diaryl/α,β-unsaturated/α-hetero) is 1. The van der Waals surface area contributed by atoms with Crippen LogP contribution in [-0.4, -0.2) is 80.3 Å². The normalized spacial score (nSPS) is 17.1. The number of carbonyl (C=O) groups excluding carboxylic acids is 2. The number of aliphatic carboxylic acids is 1. The average Bonchev–Trinajstić information content (AvgIpc) is 2.95. The van der Waals surface area contributed by atoms with Crippen LogP contribution in [0.5, 0.6) is 0 Å². The number of unbranched alkanes of at least 4 members (excludes halogenated alkanes) is 2. The number of ketones is 1. The lowest BCUT2D eigenvalue weighted by molar-refractivity contribution is -0.144. The van der Waals surface area contributed by atoms with Crippen LogP contribution in [0.4, 0.5) is 0 Å². The van der Waals surface area contributed by atoms with Crippen LogP contribution >= 0.6 is 0 Å². The second-order valence-corrected chi connectivity index (χ2v) is 12.1. The van der Waals surface area contributed by atoms with Crippen molar-refractivity contribution in [3.05, 3.63) is 42.5 Å². The van der Waals surface area contributed by atoms with Crippen molar-refractivity contribution in [1.29, 1.82) is 5.41 Å². The van der Waals surface area contributed by atoms with Crippen molar-refractivity contribution >= 4 is 44.4 Å². The number of nitrogens with zero attached hydrogens (tertiary/aromatic N) is 1. The van der Waals surface area contributed by atoms with E-state index >= 15 is 0 Å². The summed E-state index contributed by atoms with van der Waals surface area (Å²) in [4.78, 5) is 40.0. The Morgan fingerprint density at radius 1 is 1.15 bits per heavy atom. The van der Waals surface area contributed by atoms with Gasteiger partial charge in [0.05, 0.1) is 17.4 Å². The minimum atomic E-state index is -4.30. The minimum Gasteiger partial charge on any atom is -0.480 e. The Morgan fingerprint density at radius 2 is 1.88 bits per heavy atom. The van der Waals surface area contributed by atoms with Crippen molar-refractivity contribution in [2.45, 2.75) is 62.4 Å². The van der Waals surface area contributed by atoms with Gasteiger partial charge in [0, 0.05) is 19.6 Å². The molecular formula is C28H40N6O6S. The summed E-state index contributed by atoms with van der Waals surface area (Å²) in [6.07, 6.45) is 3.40. The van der Waals surface area contributed by atoms with E-state index < -0.39 is 46.2 Å². The molecule has 7 N–H and O–H groups in total. The number of nitrogens with two attached hydrogens (primary N) is 1. The lowest BCUT2D eigenvalue weighted by Crippen LogP contribution is -2.54. The standard InChI is InChI=1S/C28H40N6O6S/c1-2-3-6-13-31-25(27(37)38)26(36)23(16-24(35)32-17-19-8-7-14-34(18-19)28(29)30)33-41(39,40)22-12-11-20-9-4-5-10-21(20)15-22/h4-5,9-12,15,19,23,25,31,33H,2-3,6-8,13-14,16-18H2,1H3,(H3,29,30)(H,32,35)(H,37,38)/t19?,23-,25?/m0/s1. The summed E-state index contributed by atoms with van der Waals surface area (Å²) in [5.74, 6) is -3.02. The van der Waals surface area contributed by atoms with E-state index in [9.17, 15) is 27.9 Å². The first-order chi connectivity index (χ1) is 19.5. The van der Waals surface area contributed by atoms with Crippen molar-refractivity contribution < 1.29 is 27.9 Å². The number of carbonyl (C=O) groups is 3. The van der Waals surface area contributed by atoms with Gasteiger partial charge in [0.2, 0.25) is 15.9 Å². The summed E-state index contributed by atoms with van der Waals surface area (Å²) in [7, 11) is -4.30. The molecule has 0 aromatic heterocycles. The Balaban J connectivity index is 1.78. The fourth-order valence-electron chi connectivity index (χ4n) is 4.89. The molecule has 1 heterocycles. The van der Waals surface area contributed by atoms with Gasteiger partial charge in [-0.2, -0.15) is 0 Å². The average molecular weight is 589 g/mol. The van der Waals surface area contributed by atoms with Gasteiger partial charge in [-0.05, 0) is 54.6 Å². The van der Waals surface area contributed by atoms with Crippen LogP contribution < -0.4 is 21.1 Å². The highest BCUT2D eigenvalue weighted by atomic mass is 32.2. The molecule has 2 aromatic carbocycles. The second-order valence-electron chi connectivity index (χ2n) is 10.4. The number of piperidine rings is 1. The number of guanidine groups is 1. The molecule has 1 amide bonds. The van der Waals surface area contributed by atoms with Gasteiger partial charge in [-0.1, -0.05) is 50.1 Å². The maximum atomic E-state index is 13.4. The van der Waals surface area contributed by atoms with E-state index in [0.717, 1.165) is 31.1 Å². The first kappa shape index (κ1) is 32.0. The van der Waals surface area contributed by atoms with Gasteiger partial charge in [0.1, 0.15) is 0 Å². The highest BCUT2D eigenvalue weighted by molar-refractivity contribution is 7.89. The minimum absolute atomic E-state index is 0.0204. The Bertz CT molecular complexity index is 1350. The molecule has 13 heteroatoms. The Labute approximate surface area is 240 Å². The van der Waals surface area contributed by atoms with Gasteiger partial charge in [-0.25, -0.2) is 13.1 Å². The highest BCUT2D eigenvalue weighted by Gasteiger charge is 2.36. The maximum absolute atomic E-state index is 13.4. The van der Waals surface area contributed by atoms with Crippen molar-refractivity contribution in [2.24, 2.45) is 11.7 Å². The second kappa shape index (κ2) is 14.9. The summed E-state index contributed by atoms with van der Waals surface area (Å²) in [6, 6.07) is 8.37. The zero-order valence-corrected chi connectivity index (χ0v) is 24.1. The zero-order chi connectivity index (χ0) is 30.0. The van der Waals surface area contributed by atoms with E-state index in [1.165, 1.54) is 12.1 Å². The van der Waals surface area contributed by atoms with Crippen LogP contribution in [0.15, 0.2) is 47.4 Å². The van der Waals surface area contributed by atoms with E-state index in [4.69, 9.17) is 11.1 Å². The molecule has 0 radical (unpaired) electrons. The van der Waals surface area contributed by atoms with E-state index in [2.05, 4.69) is 15.4 Å². The number of hydrogen-bond donors (Lipinski definition) is 6. The number of nitrogens with one attached hydrogen (secondary N) is 4. The predicted molar refractivity (Wildman–Crippen MR) is 156 cm³/mol. The van der Waals surface area contributed by atoms with Crippen LogP contribution in [0.25, 0.3) is 10.8 Å². The molecule has 0 aliphatic carbocycles. The van der Waals surface area contributed by atoms with Gasteiger partial charge in [-0.3, -0.25) is 25.1 Å². The van der Waals surface area contributed by atoms with Gasteiger partial charge < -0.3 is 21.1 Å². The molecule has 3 atom stereocenters. The van der Waals surface area contributed by atoms with Crippen molar-refractivity contribution in [1.82, 2.24) is 20.3 Å². The smallest absolute Gasteiger partial charge is 0.328 e. The van der Waals surface area contributed by atoms with E-state index in [-0.39, 0.29) is 29.9 Å². The number of fused-ring (bicyclic) bond motifs is 1. The molecule has 1 saturated heterocycles. The van der Waals surface area contributed by atoms with Crippen molar-refractivity contribution in [2.75, 3.05) is 26.2 Å². The van der Waals surface area contributed by atoms with Crippen LogP contribution in [-0.2, 0) is 24.4 Å². The molecular weight excluding hydrogens is 548 g/mol. The third-order valence-electron chi connectivity index (χ3n) is 7.17. The van der Waals surface area contributed by atoms with E-state index in [1.54, 1.807) is 23.1 Å². The first-order valence-corrected chi connectivity index (χ1v) is 15.4. The number of sulfonamides is 1. The first-order valence-electron chi connectivity index (χ1n) is 13.9. The Morgan fingerprint density at radius 3 is 2.56 bits per heavy atom. The summed E-state index contributed by atoms with van der Waals surface area (Å²) >= 11 is 0. The lowest BCUT2D eigenvalue weighted by Gasteiger charge is -2.33. The van der Waals surface area contributed by atoms with Crippen LogP contribution in [0.1, 0.15) is 45.4 Å². The number of carboxylic acids is 1. The predicted octanol–water partition coefficient (Wildman–Crippen LogP) is 1.40. The molecule has 0 bridgehead atoms. The lowest BCUT2D eigenvalue weighted by atomic mass is 9.98. The fourth-order valence-corrected chi connectivity index (χ4v) is 6.13. The van der Waals surface area contributed by atoms with E-state index in [0.29, 0.717) is 24.9 Å². The molecule has 2 unspecified atom stereocenters. The summed E-state index contributed by atoms with van der Waals surface area (Å²) in [5.41, 5.74) is 5.59. The van der Waals surface area contributed by atoms with Crippen LogP contribution in [0.2, 0.25) is 0 Å². The molecule has 41 heavy (non-hydrogen) atoms. The van der Waals surface area contributed by atoms with Crippen molar-refractivity contribution in [3.8, 4) is 0 Å². The van der Waals surface area contributed by atoms with Gasteiger partial charge in [-0.15, -0.1) is 0 Å². The summed E-state index contributed by atoms with van der Waals surface area (Å²) in [6.45, 7) is 3.64. The third-order valence-corrected chi connectivity index (χ3v) is 8.64. The summed E-state index contributed by atoms with van der Waals surface area (Å²) in [5, 5.41) is 24.3. The molecule has 0 spiro atoms. The van der Waals surface area contributed by atoms with Crippen LogP contribution in [0.3, 0.4) is 0 Å². The number of amides is 1. The molecule has 2 aromatic rings. The quantitative estimate of drug-likeness (QED) is 0.0771. The topological polar surface area (TPSA) is 195 Å². The molecule has 1 aliphatic heterocycles. The zero-order valence-electron chi connectivity index (χ0n) is 23.3. The Kier molecular flexibility index (Phi) is 11.6. The largest absolute Gasteiger partial charge is 0.480 e. The summed E-state index contributed by atoms with van der Waals surface area (Å²) < 4.78 is 29.0. The number of likely N-dealkylation sites (tertiary alicyclic amines) is 1. The Hall–Kier alpha value is -3.55. The van der Waals surface area contributed by atoms with Gasteiger partial charge in [0.25, 0.3) is 0 Å². The molecule has 1 fully saturated rings. The molecule has 12 nitrogen and oxygen atoms in total. The van der Waals surface area contributed by atoms with Crippen molar-refractivity contribution in [3.63, 3.8) is 0 Å². The van der Waals surface area contributed by atoms with Crippen LogP contribution in [0, 0.1) is 11.3 Å². The highest BCUT2D eigenvalue weighted by Crippen LogP contribution is 2.20. The number of benzene rings is 2. The molecule has 1 aliphatic rings. The molecule has 0 saturated carbocycles. The third kappa shape index (κ3) is 9.23. The fraction of sp³-hybridized carbons (Fsp3) is 0.500. The van der Waals surface area contributed by atoms with Gasteiger partial charge in [0.15, 0.2) is 17.8 Å². The monoisotopic (exact) mass is 588 g/mol. The SMILES string of the molecule is CCCCCNC(C(=O)O)C(=O)[C@H](CC(=O)NCC1CCCN(C(=N)N)C1)NS(=O)(=O)c1ccc2ccccc2c1. The number of carboxylic acid groups (broad SMARTS) is 1. The number of hydrogen-bond acceptors (Lipinski definition) is 7. The maximum Gasteiger partial charge on any atom is 0.328 e.